The molecule has 1 unspecified atom stereocenters. The van der Waals surface area contributed by atoms with Crippen molar-refractivity contribution in [1.29, 1.82) is 0 Å². The molecule has 0 saturated carbocycles. The van der Waals surface area contributed by atoms with E-state index in [4.69, 9.17) is 4.98 Å². The second kappa shape index (κ2) is 5.68. The van der Waals surface area contributed by atoms with Gasteiger partial charge in [0.25, 0.3) is 0 Å². The molecule has 110 valence electrons. The van der Waals surface area contributed by atoms with Crippen molar-refractivity contribution in [2.45, 2.75) is 39.7 Å². The molecule has 0 amide bonds. The molecule has 2 aromatic heterocycles. The lowest BCUT2D eigenvalue weighted by Gasteiger charge is -2.29. The summed E-state index contributed by atoms with van der Waals surface area (Å²) in [4.78, 5) is 7.17. The number of para-hydroxylation sites is 2. The first-order valence-corrected chi connectivity index (χ1v) is 7.61. The van der Waals surface area contributed by atoms with Gasteiger partial charge in [0.15, 0.2) is 5.82 Å². The van der Waals surface area contributed by atoms with E-state index < -0.39 is 0 Å². The van der Waals surface area contributed by atoms with Crippen LogP contribution in [-0.2, 0) is 0 Å². The molecule has 0 saturated heterocycles. The van der Waals surface area contributed by atoms with Gasteiger partial charge in [0.1, 0.15) is 6.33 Å². The Labute approximate surface area is 124 Å². The third-order valence-corrected chi connectivity index (χ3v) is 3.97. The Bertz CT molecular complexity index is 749. The minimum Gasteiger partial charge on any atom is -0.351 e. The van der Waals surface area contributed by atoms with Crippen LogP contribution in [0.15, 0.2) is 30.6 Å². The number of rotatable bonds is 5. The lowest BCUT2D eigenvalue weighted by atomic mass is 10.1. The average Bonchev–Trinajstić information content (AvgIpc) is 2.98. The maximum atomic E-state index is 4.85. The highest BCUT2D eigenvalue weighted by molar-refractivity contribution is 5.82. The van der Waals surface area contributed by atoms with Crippen LogP contribution >= 0.6 is 0 Å². The topological polar surface area (TPSA) is 46.3 Å². The Morgan fingerprint density at radius 3 is 2.81 bits per heavy atom. The van der Waals surface area contributed by atoms with Crippen LogP contribution in [0.3, 0.4) is 0 Å². The first-order valence-electron chi connectivity index (χ1n) is 7.61. The number of hydrogen-bond donors (Lipinski definition) is 0. The molecule has 0 radical (unpaired) electrons. The predicted molar refractivity (Wildman–Crippen MR) is 85.7 cm³/mol. The Kier molecular flexibility index (Phi) is 3.73. The van der Waals surface area contributed by atoms with Gasteiger partial charge in [0, 0.05) is 12.6 Å². The summed E-state index contributed by atoms with van der Waals surface area (Å²) in [5, 5.41) is 8.37. The molecule has 2 heterocycles. The molecule has 0 bridgehead atoms. The van der Waals surface area contributed by atoms with Crippen molar-refractivity contribution in [3.05, 3.63) is 30.6 Å². The molecule has 3 rings (SSSR count). The summed E-state index contributed by atoms with van der Waals surface area (Å²) in [6.45, 7) is 7.53. The molecule has 1 atom stereocenters. The fourth-order valence-corrected chi connectivity index (χ4v) is 2.93. The third-order valence-electron chi connectivity index (χ3n) is 3.97. The molecule has 0 aliphatic heterocycles. The molecule has 3 aromatic rings. The summed E-state index contributed by atoms with van der Waals surface area (Å²) in [6, 6.07) is 8.56. The van der Waals surface area contributed by atoms with Crippen LogP contribution in [0, 0.1) is 0 Å². The van der Waals surface area contributed by atoms with Crippen molar-refractivity contribution < 1.29 is 0 Å². The summed E-state index contributed by atoms with van der Waals surface area (Å²) in [6.07, 6.45) is 4.07. The lowest BCUT2D eigenvalue weighted by Crippen LogP contribution is -2.34. The highest BCUT2D eigenvalue weighted by atomic mass is 15.3. The van der Waals surface area contributed by atoms with Gasteiger partial charge in [0.2, 0.25) is 5.65 Å². The fraction of sp³-hybridized carbons (Fsp3) is 0.438. The van der Waals surface area contributed by atoms with E-state index in [2.05, 4.69) is 35.9 Å². The molecule has 21 heavy (non-hydrogen) atoms. The van der Waals surface area contributed by atoms with Crippen molar-refractivity contribution in [2.75, 3.05) is 11.4 Å². The van der Waals surface area contributed by atoms with Crippen molar-refractivity contribution in [3.63, 3.8) is 0 Å². The van der Waals surface area contributed by atoms with Gasteiger partial charge in [-0.15, -0.1) is 10.2 Å². The van der Waals surface area contributed by atoms with E-state index in [0.717, 1.165) is 41.9 Å². The summed E-state index contributed by atoms with van der Waals surface area (Å²) < 4.78 is 2.03. The van der Waals surface area contributed by atoms with Crippen molar-refractivity contribution in [3.8, 4) is 0 Å². The van der Waals surface area contributed by atoms with E-state index in [0.29, 0.717) is 6.04 Å². The highest BCUT2D eigenvalue weighted by Gasteiger charge is 2.19. The molecule has 0 N–H and O–H groups in total. The van der Waals surface area contributed by atoms with E-state index >= 15 is 0 Å². The smallest absolute Gasteiger partial charge is 0.204 e. The average molecular weight is 283 g/mol. The summed E-state index contributed by atoms with van der Waals surface area (Å²) in [7, 11) is 0. The zero-order valence-electron chi connectivity index (χ0n) is 12.8. The number of nitrogens with zero attached hydrogens (tertiary/aromatic N) is 5. The van der Waals surface area contributed by atoms with Gasteiger partial charge in [-0.25, -0.2) is 4.98 Å². The molecular formula is C16H21N5. The number of fused-ring (bicyclic) bond motifs is 3. The van der Waals surface area contributed by atoms with Crippen LogP contribution in [0.1, 0.15) is 33.6 Å². The van der Waals surface area contributed by atoms with Crippen LogP contribution in [-0.4, -0.2) is 32.2 Å². The molecule has 0 fully saturated rings. The van der Waals surface area contributed by atoms with Crippen LogP contribution in [0.5, 0.6) is 0 Å². The minimum atomic E-state index is 0.439. The summed E-state index contributed by atoms with van der Waals surface area (Å²) >= 11 is 0. The number of anilines is 1. The quantitative estimate of drug-likeness (QED) is 0.721. The molecular weight excluding hydrogens is 262 g/mol. The maximum Gasteiger partial charge on any atom is 0.204 e. The SMILES string of the molecule is CCCC(C)N(CC)c1nc2ccccc2n2cnnc12. The lowest BCUT2D eigenvalue weighted by molar-refractivity contribution is 0.587. The number of aromatic nitrogens is 4. The first kappa shape index (κ1) is 13.8. The highest BCUT2D eigenvalue weighted by Crippen LogP contribution is 2.25. The van der Waals surface area contributed by atoms with Crippen LogP contribution in [0.4, 0.5) is 5.82 Å². The van der Waals surface area contributed by atoms with Gasteiger partial charge in [-0.05, 0) is 32.4 Å². The molecule has 0 aliphatic carbocycles. The molecule has 0 spiro atoms. The summed E-state index contributed by atoms with van der Waals surface area (Å²) in [5.74, 6) is 0.926. The fourth-order valence-electron chi connectivity index (χ4n) is 2.93. The van der Waals surface area contributed by atoms with E-state index in [9.17, 15) is 0 Å². The van der Waals surface area contributed by atoms with Gasteiger partial charge in [-0.1, -0.05) is 25.5 Å². The zero-order chi connectivity index (χ0) is 14.8. The second-order valence-corrected chi connectivity index (χ2v) is 5.37. The van der Waals surface area contributed by atoms with Gasteiger partial charge in [-0.3, -0.25) is 4.40 Å². The van der Waals surface area contributed by atoms with Crippen molar-refractivity contribution in [1.82, 2.24) is 19.6 Å². The molecule has 5 nitrogen and oxygen atoms in total. The Morgan fingerprint density at radius 2 is 2.05 bits per heavy atom. The predicted octanol–water partition coefficient (Wildman–Crippen LogP) is 3.29. The summed E-state index contributed by atoms with van der Waals surface area (Å²) in [5.41, 5.74) is 2.85. The molecule has 0 aliphatic rings. The van der Waals surface area contributed by atoms with Crippen LogP contribution in [0.2, 0.25) is 0 Å². The normalized spacial score (nSPS) is 12.9. The Hall–Kier alpha value is -2.17. The maximum absolute atomic E-state index is 4.85. The van der Waals surface area contributed by atoms with Crippen LogP contribution < -0.4 is 4.90 Å². The van der Waals surface area contributed by atoms with E-state index in [1.54, 1.807) is 6.33 Å². The minimum absolute atomic E-state index is 0.439. The van der Waals surface area contributed by atoms with Crippen molar-refractivity contribution in [2.24, 2.45) is 0 Å². The van der Waals surface area contributed by atoms with Crippen LogP contribution in [0.25, 0.3) is 16.7 Å². The van der Waals surface area contributed by atoms with E-state index in [1.165, 1.54) is 0 Å². The van der Waals surface area contributed by atoms with Crippen molar-refractivity contribution >= 4 is 22.5 Å². The Morgan fingerprint density at radius 1 is 1.24 bits per heavy atom. The van der Waals surface area contributed by atoms with E-state index in [-0.39, 0.29) is 0 Å². The van der Waals surface area contributed by atoms with Gasteiger partial charge < -0.3 is 4.90 Å². The van der Waals surface area contributed by atoms with Gasteiger partial charge >= 0.3 is 0 Å². The second-order valence-electron chi connectivity index (χ2n) is 5.37. The first-order chi connectivity index (χ1) is 10.3. The molecule has 1 aromatic carbocycles. The largest absolute Gasteiger partial charge is 0.351 e. The van der Waals surface area contributed by atoms with Gasteiger partial charge in [0.05, 0.1) is 11.0 Å². The zero-order valence-corrected chi connectivity index (χ0v) is 12.8. The number of hydrogen-bond acceptors (Lipinski definition) is 4. The number of benzene rings is 1. The third kappa shape index (κ3) is 2.33. The molecule has 5 heteroatoms. The van der Waals surface area contributed by atoms with E-state index in [1.807, 2.05) is 28.7 Å². The Balaban J connectivity index is 2.21. The van der Waals surface area contributed by atoms with Gasteiger partial charge in [-0.2, -0.15) is 0 Å². The standard InChI is InChI=1S/C16H21N5/c1-4-8-12(3)20(5-2)15-16-19-17-11-21(16)14-10-7-6-9-13(14)18-15/h6-7,9-12H,4-5,8H2,1-3H3. The monoisotopic (exact) mass is 283 g/mol.